The molecule has 0 bridgehead atoms. The maximum Gasteiger partial charge on any atom is 0.280 e. The van der Waals surface area contributed by atoms with Crippen LogP contribution in [0.3, 0.4) is 0 Å². The summed E-state index contributed by atoms with van der Waals surface area (Å²) in [6.45, 7) is 3.89. The molecule has 0 radical (unpaired) electrons. The zero-order valence-electron chi connectivity index (χ0n) is 22.8. The number of carbonyl (C=O) groups excluding carboxylic acids is 2. The number of hydrogen-bond acceptors (Lipinski definition) is 6. The molecule has 0 fully saturated rings. The Hall–Kier alpha value is -4.28. The molecule has 1 N–H and O–H groups in total. The first kappa shape index (κ1) is 26.9. The van der Waals surface area contributed by atoms with Crippen LogP contribution in [0.25, 0.3) is 11.4 Å². The van der Waals surface area contributed by atoms with Gasteiger partial charge in [0.2, 0.25) is 0 Å². The molecule has 2 aromatic heterocycles. The molecule has 10 nitrogen and oxygen atoms in total. The van der Waals surface area contributed by atoms with Crippen molar-refractivity contribution in [2.75, 3.05) is 24.4 Å². The molecular formula is C29H25Cl2N5O5. The smallest absolute Gasteiger partial charge is 0.280 e. The van der Waals surface area contributed by atoms with Crippen LogP contribution in [-0.4, -0.2) is 40.2 Å². The number of aromatic nitrogens is 3. The van der Waals surface area contributed by atoms with Crippen LogP contribution in [0.4, 0.5) is 11.4 Å². The highest BCUT2D eigenvalue weighted by molar-refractivity contribution is 6.32. The number of amides is 2. The molecule has 2 amide bonds. The number of anilines is 2. The lowest BCUT2D eigenvalue weighted by Crippen LogP contribution is -2.51. The summed E-state index contributed by atoms with van der Waals surface area (Å²) in [6, 6.07) is 11.5. The lowest BCUT2D eigenvalue weighted by Gasteiger charge is -2.35. The number of benzene rings is 2. The van der Waals surface area contributed by atoms with Crippen molar-refractivity contribution in [2.45, 2.75) is 25.4 Å². The van der Waals surface area contributed by atoms with Gasteiger partial charge in [-0.05, 0) is 44.2 Å². The highest BCUT2D eigenvalue weighted by Crippen LogP contribution is 2.54. The molecule has 0 saturated carbocycles. The van der Waals surface area contributed by atoms with E-state index in [4.69, 9.17) is 37.7 Å². The molecule has 6 rings (SSSR count). The lowest BCUT2D eigenvalue weighted by molar-refractivity contribution is -0.119. The van der Waals surface area contributed by atoms with E-state index in [1.807, 2.05) is 18.4 Å². The zero-order chi connectivity index (χ0) is 29.4. The van der Waals surface area contributed by atoms with Gasteiger partial charge in [-0.2, -0.15) is 0 Å². The van der Waals surface area contributed by atoms with Crippen LogP contribution in [-0.2, 0) is 17.4 Å². The zero-order valence-corrected chi connectivity index (χ0v) is 24.3. The third-order valence-electron chi connectivity index (χ3n) is 7.49. The molecule has 210 valence electrons. The van der Waals surface area contributed by atoms with Crippen molar-refractivity contribution in [2.24, 2.45) is 7.05 Å². The fraction of sp³-hybridized carbons (Fsp3) is 0.241. The van der Waals surface area contributed by atoms with E-state index >= 15 is 0 Å². The van der Waals surface area contributed by atoms with Gasteiger partial charge in [-0.1, -0.05) is 29.3 Å². The summed E-state index contributed by atoms with van der Waals surface area (Å²) in [6.07, 6.45) is 1.48. The molecule has 41 heavy (non-hydrogen) atoms. The number of nitrogens with zero attached hydrogens (tertiary/aromatic N) is 4. The van der Waals surface area contributed by atoms with Gasteiger partial charge < -0.3 is 23.9 Å². The van der Waals surface area contributed by atoms with Crippen molar-refractivity contribution < 1.29 is 19.1 Å². The Kier molecular flexibility index (Phi) is 6.16. The fourth-order valence-electron chi connectivity index (χ4n) is 5.78. The first-order valence-electron chi connectivity index (χ1n) is 12.7. The summed E-state index contributed by atoms with van der Waals surface area (Å²) in [5.74, 6) is 0.529. The third kappa shape index (κ3) is 3.63. The van der Waals surface area contributed by atoms with Crippen molar-refractivity contribution in [1.82, 2.24) is 14.1 Å². The van der Waals surface area contributed by atoms with Crippen LogP contribution in [0.1, 0.15) is 41.6 Å². The van der Waals surface area contributed by atoms with Gasteiger partial charge >= 0.3 is 0 Å². The number of fused-ring (bicyclic) bond motifs is 4. The van der Waals surface area contributed by atoms with Crippen molar-refractivity contribution in [3.8, 4) is 22.9 Å². The quantitative estimate of drug-likeness (QED) is 0.348. The number of pyridine rings is 1. The normalized spacial score (nSPS) is 17.3. The van der Waals surface area contributed by atoms with Crippen LogP contribution in [0.5, 0.6) is 11.5 Å². The molecule has 1 atom stereocenters. The predicted molar refractivity (Wildman–Crippen MR) is 156 cm³/mol. The maximum atomic E-state index is 14.4. The highest BCUT2D eigenvalue weighted by atomic mass is 35.5. The van der Waals surface area contributed by atoms with E-state index in [1.165, 1.54) is 35.9 Å². The molecule has 2 aromatic carbocycles. The van der Waals surface area contributed by atoms with Gasteiger partial charge in [-0.15, -0.1) is 0 Å². The van der Waals surface area contributed by atoms with E-state index in [1.54, 1.807) is 43.5 Å². The summed E-state index contributed by atoms with van der Waals surface area (Å²) < 4.78 is 14.2. The molecule has 4 aromatic rings. The van der Waals surface area contributed by atoms with Crippen LogP contribution in [0.15, 0.2) is 53.5 Å². The number of imidazole rings is 1. The molecule has 4 heterocycles. The standard InChI is InChI=1S/C29H25Cl2N5O5/c1-14(2)35-24-23(33-25(35)18-8-7-17(40-4)12-22(18)41-5)27(38)36(16-11-20(31)26(37)34(3)13-16)29(24)19-9-6-15(30)10-21(19)32-28(29)39/h6-14H,1-5H3,(H,32,39). The van der Waals surface area contributed by atoms with Crippen molar-refractivity contribution in [1.29, 1.82) is 0 Å². The fourth-order valence-corrected chi connectivity index (χ4v) is 6.20. The second-order valence-electron chi connectivity index (χ2n) is 10.1. The molecule has 0 aliphatic carbocycles. The van der Waals surface area contributed by atoms with Gasteiger partial charge in [0, 0.05) is 41.6 Å². The summed E-state index contributed by atoms with van der Waals surface area (Å²) in [5.41, 5.74) is 0.215. The molecular weight excluding hydrogens is 569 g/mol. The topological polar surface area (TPSA) is 108 Å². The van der Waals surface area contributed by atoms with E-state index in [2.05, 4.69) is 5.32 Å². The average Bonchev–Trinajstić information content (AvgIpc) is 3.54. The monoisotopic (exact) mass is 593 g/mol. The Labute approximate surface area is 245 Å². The van der Waals surface area contributed by atoms with Gasteiger partial charge in [-0.25, -0.2) is 4.98 Å². The molecule has 12 heteroatoms. The lowest BCUT2D eigenvalue weighted by atomic mass is 9.87. The number of hydrogen-bond donors (Lipinski definition) is 1. The average molecular weight is 594 g/mol. The van der Waals surface area contributed by atoms with Crippen LogP contribution < -0.4 is 25.2 Å². The minimum absolute atomic E-state index is 0.0921. The minimum Gasteiger partial charge on any atom is -0.497 e. The van der Waals surface area contributed by atoms with E-state index in [9.17, 15) is 14.4 Å². The molecule has 1 unspecified atom stereocenters. The van der Waals surface area contributed by atoms with Crippen molar-refractivity contribution in [3.63, 3.8) is 0 Å². The predicted octanol–water partition coefficient (Wildman–Crippen LogP) is 5.01. The minimum atomic E-state index is -1.68. The number of methoxy groups -OCH3 is 2. The van der Waals surface area contributed by atoms with Gasteiger partial charge in [0.1, 0.15) is 22.3 Å². The van der Waals surface area contributed by atoms with Crippen molar-refractivity contribution >= 4 is 46.4 Å². The first-order chi connectivity index (χ1) is 19.5. The Bertz CT molecular complexity index is 1820. The number of carbonyl (C=O) groups is 2. The SMILES string of the molecule is COc1ccc(-c2nc3c(n2C(C)C)C2(C(=O)Nc4cc(Cl)ccc42)N(c2cc(Cl)c(=O)n(C)c2)C3=O)c(OC)c1. The van der Waals surface area contributed by atoms with Gasteiger partial charge in [0.25, 0.3) is 17.4 Å². The summed E-state index contributed by atoms with van der Waals surface area (Å²) in [5, 5.41) is 3.25. The van der Waals surface area contributed by atoms with Gasteiger partial charge in [0.05, 0.1) is 31.2 Å². The van der Waals surface area contributed by atoms with Crippen LogP contribution in [0, 0.1) is 0 Å². The van der Waals surface area contributed by atoms with E-state index in [0.29, 0.717) is 44.9 Å². The van der Waals surface area contributed by atoms with Crippen LogP contribution in [0.2, 0.25) is 10.0 Å². The largest absolute Gasteiger partial charge is 0.497 e. The maximum absolute atomic E-state index is 14.4. The number of ether oxygens (including phenoxy) is 2. The van der Waals surface area contributed by atoms with Gasteiger partial charge in [0.15, 0.2) is 11.2 Å². The summed E-state index contributed by atoms with van der Waals surface area (Å²) in [4.78, 5) is 47.4. The third-order valence-corrected chi connectivity index (χ3v) is 8.00. The summed E-state index contributed by atoms with van der Waals surface area (Å²) in [7, 11) is 4.63. The van der Waals surface area contributed by atoms with E-state index in [0.717, 1.165) is 0 Å². The number of nitrogens with one attached hydrogen (secondary N) is 1. The molecule has 1 spiro atoms. The first-order valence-corrected chi connectivity index (χ1v) is 13.5. The van der Waals surface area contributed by atoms with Gasteiger partial charge in [-0.3, -0.25) is 19.3 Å². The molecule has 0 saturated heterocycles. The Morgan fingerprint density at radius 2 is 1.76 bits per heavy atom. The summed E-state index contributed by atoms with van der Waals surface area (Å²) >= 11 is 12.6. The number of halogens is 2. The molecule has 2 aliphatic rings. The van der Waals surface area contributed by atoms with E-state index in [-0.39, 0.29) is 22.4 Å². The second-order valence-corrected chi connectivity index (χ2v) is 11.0. The number of aryl methyl sites for hydroxylation is 1. The Morgan fingerprint density at radius 3 is 2.41 bits per heavy atom. The second kappa shape index (κ2) is 9.39. The Balaban J connectivity index is 1.72. The van der Waals surface area contributed by atoms with Crippen molar-refractivity contribution in [3.05, 3.63) is 86.0 Å². The Morgan fingerprint density at radius 1 is 1.00 bits per heavy atom. The molecule has 2 aliphatic heterocycles. The van der Waals surface area contributed by atoms with Crippen LogP contribution >= 0.6 is 23.2 Å². The number of rotatable bonds is 5. The highest BCUT2D eigenvalue weighted by Gasteiger charge is 2.64. The van der Waals surface area contributed by atoms with E-state index < -0.39 is 22.9 Å².